The lowest BCUT2D eigenvalue weighted by Gasteiger charge is -1.98. The molecule has 27 heavy (non-hydrogen) atoms. The first-order chi connectivity index (χ1) is 13.1. The van der Waals surface area contributed by atoms with Gasteiger partial charge in [0.15, 0.2) is 11.5 Å². The minimum Gasteiger partial charge on any atom is -0.306 e. The lowest BCUT2D eigenvalue weighted by Crippen LogP contribution is -1.97. The number of aryl methyl sites for hydroxylation is 2. The summed E-state index contributed by atoms with van der Waals surface area (Å²) in [7, 11) is 0. The van der Waals surface area contributed by atoms with E-state index in [1.54, 1.807) is 6.20 Å². The van der Waals surface area contributed by atoms with Crippen molar-refractivity contribution >= 4 is 22.9 Å². The fourth-order valence-electron chi connectivity index (χ4n) is 3.13. The van der Waals surface area contributed by atoms with Gasteiger partial charge in [0, 0.05) is 34.7 Å². The Morgan fingerprint density at radius 3 is 2.70 bits per heavy atom. The number of nitrogens with zero attached hydrogens (tertiary/aromatic N) is 6. The van der Waals surface area contributed by atoms with Crippen LogP contribution in [-0.2, 0) is 0 Å². The molecule has 0 unspecified atom stereocenters. The van der Waals surface area contributed by atoms with Gasteiger partial charge in [-0.3, -0.25) is 4.98 Å². The summed E-state index contributed by atoms with van der Waals surface area (Å²) in [5, 5.41) is 5.33. The minimum absolute atomic E-state index is 0.656. The van der Waals surface area contributed by atoms with E-state index in [4.69, 9.17) is 16.6 Å². The van der Waals surface area contributed by atoms with E-state index in [0.717, 1.165) is 39.5 Å². The summed E-state index contributed by atoms with van der Waals surface area (Å²) in [4.78, 5) is 13.7. The Morgan fingerprint density at radius 2 is 1.89 bits per heavy atom. The van der Waals surface area contributed by atoms with Gasteiger partial charge in [0.2, 0.25) is 0 Å². The van der Waals surface area contributed by atoms with E-state index in [0.29, 0.717) is 10.8 Å². The Labute approximate surface area is 160 Å². The number of hydrogen-bond donors (Lipinski definition) is 0. The van der Waals surface area contributed by atoms with Crippen LogP contribution in [0.5, 0.6) is 0 Å². The first-order valence-electron chi connectivity index (χ1n) is 8.52. The summed E-state index contributed by atoms with van der Waals surface area (Å²) in [6.07, 6.45) is 5.76. The molecule has 7 heteroatoms. The van der Waals surface area contributed by atoms with Crippen LogP contribution in [0.4, 0.5) is 0 Å². The molecule has 0 aliphatic carbocycles. The molecule has 1 aromatic carbocycles. The fourth-order valence-corrected chi connectivity index (χ4v) is 3.32. The van der Waals surface area contributed by atoms with Gasteiger partial charge in [-0.15, -0.1) is 5.10 Å². The van der Waals surface area contributed by atoms with Crippen molar-refractivity contribution in [3.63, 3.8) is 0 Å². The van der Waals surface area contributed by atoms with E-state index < -0.39 is 0 Å². The highest BCUT2D eigenvalue weighted by Crippen LogP contribution is 2.25. The second kappa shape index (κ2) is 5.89. The quantitative estimate of drug-likeness (QED) is 0.460. The van der Waals surface area contributed by atoms with E-state index in [1.165, 1.54) is 0 Å². The number of hydrogen-bond acceptors (Lipinski definition) is 4. The zero-order chi connectivity index (χ0) is 18.5. The first kappa shape index (κ1) is 16.0. The summed E-state index contributed by atoms with van der Waals surface area (Å²) >= 11 is 6.10. The van der Waals surface area contributed by atoms with Crippen molar-refractivity contribution in [1.82, 2.24) is 29.0 Å². The highest BCUT2D eigenvalue weighted by Gasteiger charge is 2.12. The van der Waals surface area contributed by atoms with Crippen LogP contribution in [0.3, 0.4) is 0 Å². The predicted molar refractivity (Wildman–Crippen MR) is 105 cm³/mol. The Balaban J connectivity index is 1.63. The van der Waals surface area contributed by atoms with Crippen molar-refractivity contribution in [3.05, 3.63) is 71.4 Å². The third kappa shape index (κ3) is 2.65. The van der Waals surface area contributed by atoms with Crippen molar-refractivity contribution in [3.8, 4) is 22.6 Å². The number of imidazole rings is 1. The molecule has 0 amide bonds. The van der Waals surface area contributed by atoms with Gasteiger partial charge in [-0.2, -0.15) is 0 Å². The third-order valence-corrected chi connectivity index (χ3v) is 4.78. The molecule has 0 saturated heterocycles. The van der Waals surface area contributed by atoms with Crippen molar-refractivity contribution in [1.29, 1.82) is 0 Å². The van der Waals surface area contributed by atoms with Gasteiger partial charge in [0.1, 0.15) is 5.65 Å². The van der Waals surface area contributed by atoms with E-state index in [-0.39, 0.29) is 0 Å². The van der Waals surface area contributed by atoms with Crippen LogP contribution in [0.1, 0.15) is 11.4 Å². The first-order valence-corrected chi connectivity index (χ1v) is 8.90. The zero-order valence-corrected chi connectivity index (χ0v) is 15.5. The number of rotatable bonds is 2. The summed E-state index contributed by atoms with van der Waals surface area (Å²) in [5.41, 5.74) is 6.15. The monoisotopic (exact) mass is 374 g/mol. The van der Waals surface area contributed by atoms with Crippen LogP contribution in [0.25, 0.3) is 33.9 Å². The fraction of sp³-hybridized carbons (Fsp3) is 0.100. The normalized spacial score (nSPS) is 11.5. The molecule has 0 bridgehead atoms. The van der Waals surface area contributed by atoms with Gasteiger partial charge in [-0.1, -0.05) is 23.7 Å². The lowest BCUT2D eigenvalue weighted by molar-refractivity contribution is 0.891. The van der Waals surface area contributed by atoms with Crippen LogP contribution in [-0.4, -0.2) is 29.0 Å². The van der Waals surface area contributed by atoms with Gasteiger partial charge < -0.3 is 4.40 Å². The molecule has 0 fully saturated rings. The smallest absolute Gasteiger partial charge is 0.182 e. The number of benzene rings is 1. The number of pyridine rings is 1. The Bertz CT molecular complexity index is 1280. The Morgan fingerprint density at radius 1 is 1.00 bits per heavy atom. The van der Waals surface area contributed by atoms with Gasteiger partial charge >= 0.3 is 0 Å². The number of fused-ring (bicyclic) bond motifs is 2. The van der Waals surface area contributed by atoms with Crippen LogP contribution < -0.4 is 0 Å². The molecule has 0 N–H and O–H groups in total. The Hall–Kier alpha value is -3.25. The molecule has 0 aliphatic rings. The van der Waals surface area contributed by atoms with Gasteiger partial charge in [-0.05, 0) is 38.1 Å². The van der Waals surface area contributed by atoms with Crippen LogP contribution in [0.2, 0.25) is 5.02 Å². The maximum atomic E-state index is 6.10. The van der Waals surface area contributed by atoms with Crippen molar-refractivity contribution in [2.75, 3.05) is 0 Å². The maximum absolute atomic E-state index is 6.10. The highest BCUT2D eigenvalue weighted by molar-refractivity contribution is 6.30. The standard InChI is InChI=1S/C20H15ClN6/c1-12-10-22-13(2)20-24-19(25-27(12)20)15-6-7-26-11-17(23-18(26)9-15)14-4-3-5-16(21)8-14/h3-11H,1-2H3. The van der Waals surface area contributed by atoms with Gasteiger partial charge in [0.05, 0.1) is 17.1 Å². The zero-order valence-electron chi connectivity index (χ0n) is 14.8. The molecule has 0 saturated carbocycles. The summed E-state index contributed by atoms with van der Waals surface area (Å²) < 4.78 is 3.80. The largest absolute Gasteiger partial charge is 0.306 e. The second-order valence-electron chi connectivity index (χ2n) is 6.47. The predicted octanol–water partition coefficient (Wildman–Crippen LogP) is 4.38. The number of halogens is 1. The van der Waals surface area contributed by atoms with Crippen LogP contribution in [0.15, 0.2) is 55.0 Å². The average molecular weight is 375 g/mol. The molecule has 6 nitrogen and oxygen atoms in total. The Kier molecular flexibility index (Phi) is 3.48. The molecule has 0 atom stereocenters. The van der Waals surface area contributed by atoms with E-state index >= 15 is 0 Å². The van der Waals surface area contributed by atoms with Crippen LogP contribution >= 0.6 is 11.6 Å². The van der Waals surface area contributed by atoms with Crippen molar-refractivity contribution in [2.24, 2.45) is 0 Å². The van der Waals surface area contributed by atoms with Crippen molar-refractivity contribution < 1.29 is 0 Å². The average Bonchev–Trinajstić information content (AvgIpc) is 3.29. The van der Waals surface area contributed by atoms with Gasteiger partial charge in [-0.25, -0.2) is 14.5 Å². The molecular formula is C20H15ClN6. The van der Waals surface area contributed by atoms with E-state index in [2.05, 4.69) is 15.1 Å². The molecule has 0 radical (unpaired) electrons. The minimum atomic E-state index is 0.656. The number of aromatic nitrogens is 6. The SMILES string of the molecule is Cc1ncc(C)n2nc(-c3ccn4cc(-c5cccc(Cl)c5)nc4c3)nc12. The topological polar surface area (TPSA) is 60.4 Å². The molecule has 5 rings (SSSR count). The molecular weight excluding hydrogens is 360 g/mol. The lowest BCUT2D eigenvalue weighted by atomic mass is 10.2. The van der Waals surface area contributed by atoms with Gasteiger partial charge in [0.25, 0.3) is 0 Å². The molecule has 0 aliphatic heterocycles. The molecule has 132 valence electrons. The van der Waals surface area contributed by atoms with E-state index in [9.17, 15) is 0 Å². The van der Waals surface area contributed by atoms with E-state index in [1.807, 2.05) is 71.6 Å². The van der Waals surface area contributed by atoms with Crippen molar-refractivity contribution in [2.45, 2.75) is 13.8 Å². The second-order valence-corrected chi connectivity index (χ2v) is 6.91. The van der Waals surface area contributed by atoms with Crippen LogP contribution in [0, 0.1) is 13.8 Å². The highest BCUT2D eigenvalue weighted by atomic mass is 35.5. The summed E-state index contributed by atoms with van der Waals surface area (Å²) in [5.74, 6) is 0.656. The molecule has 4 heterocycles. The summed E-state index contributed by atoms with van der Waals surface area (Å²) in [6.45, 7) is 3.90. The molecule has 5 aromatic rings. The third-order valence-electron chi connectivity index (χ3n) is 4.55. The maximum Gasteiger partial charge on any atom is 0.182 e. The summed E-state index contributed by atoms with van der Waals surface area (Å²) in [6, 6.07) is 11.7. The molecule has 0 spiro atoms. The molecule has 4 aromatic heterocycles.